The molecule has 0 spiro atoms. The predicted octanol–water partition coefficient (Wildman–Crippen LogP) is 2.97. The summed E-state index contributed by atoms with van der Waals surface area (Å²) < 4.78 is 5.35. The molecule has 1 saturated heterocycles. The molecule has 170 valence electrons. The number of amidine groups is 1. The normalized spacial score (nSPS) is 20.7. The van der Waals surface area contributed by atoms with Crippen molar-refractivity contribution in [1.82, 2.24) is 14.7 Å². The van der Waals surface area contributed by atoms with E-state index in [2.05, 4.69) is 4.99 Å². The van der Waals surface area contributed by atoms with E-state index in [1.54, 1.807) is 35.0 Å². The van der Waals surface area contributed by atoms with Gasteiger partial charge in [-0.3, -0.25) is 9.59 Å². The van der Waals surface area contributed by atoms with Crippen molar-refractivity contribution in [2.45, 2.75) is 33.2 Å². The van der Waals surface area contributed by atoms with Gasteiger partial charge in [0.05, 0.1) is 24.3 Å². The van der Waals surface area contributed by atoms with Crippen molar-refractivity contribution in [3.63, 3.8) is 0 Å². The molecule has 0 N–H and O–H groups in total. The van der Waals surface area contributed by atoms with Crippen LogP contribution in [0.5, 0.6) is 0 Å². The van der Waals surface area contributed by atoms with Crippen molar-refractivity contribution in [2.75, 3.05) is 32.8 Å². The Balaban J connectivity index is 1.56. The molecule has 0 saturated carbocycles. The van der Waals surface area contributed by atoms with Crippen molar-refractivity contribution in [3.05, 3.63) is 44.8 Å². The molecule has 1 atom stereocenters. The fourth-order valence-corrected chi connectivity index (χ4v) is 5.88. The molecule has 1 aromatic heterocycles. The lowest BCUT2D eigenvalue weighted by atomic mass is 9.99. The smallest absolute Gasteiger partial charge is 0.338 e. The van der Waals surface area contributed by atoms with Crippen molar-refractivity contribution in [3.8, 4) is 0 Å². The van der Waals surface area contributed by atoms with Crippen LogP contribution in [0.2, 0.25) is 0 Å². The second kappa shape index (κ2) is 9.50. The SMILES string of the molecule is CCOC(=O)C1=C(C)N=C2SC=C(CC(=O)N3CCN(C(C)=O)CC3)N2[C@@H]1c1cccs1. The number of hydrogen-bond acceptors (Lipinski definition) is 8. The molecule has 0 unspecified atom stereocenters. The van der Waals surface area contributed by atoms with Crippen LogP contribution >= 0.6 is 23.1 Å². The third-order valence-corrected chi connectivity index (χ3v) is 7.53. The van der Waals surface area contributed by atoms with Crippen LogP contribution in [-0.4, -0.2) is 70.4 Å². The van der Waals surface area contributed by atoms with Gasteiger partial charge in [0.2, 0.25) is 11.8 Å². The Morgan fingerprint density at radius 1 is 1.19 bits per heavy atom. The molecule has 2 amide bonds. The van der Waals surface area contributed by atoms with Crippen molar-refractivity contribution in [2.24, 2.45) is 4.99 Å². The van der Waals surface area contributed by atoms with Gasteiger partial charge in [-0.25, -0.2) is 9.79 Å². The maximum atomic E-state index is 13.1. The van der Waals surface area contributed by atoms with Gasteiger partial charge in [-0.1, -0.05) is 17.8 Å². The van der Waals surface area contributed by atoms with Gasteiger partial charge in [-0.05, 0) is 30.7 Å². The fraction of sp³-hybridized carbons (Fsp3) is 0.455. The molecule has 10 heteroatoms. The predicted molar refractivity (Wildman–Crippen MR) is 125 cm³/mol. The molecule has 0 radical (unpaired) electrons. The average molecular weight is 475 g/mol. The minimum atomic E-state index is -0.380. The number of carbonyl (C=O) groups excluding carboxylic acids is 3. The van der Waals surface area contributed by atoms with E-state index in [0.717, 1.165) is 15.7 Å². The maximum absolute atomic E-state index is 13.1. The summed E-state index contributed by atoms with van der Waals surface area (Å²) in [6.07, 6.45) is 0.211. The summed E-state index contributed by atoms with van der Waals surface area (Å²) in [6.45, 7) is 7.61. The van der Waals surface area contributed by atoms with Crippen molar-refractivity contribution >= 4 is 46.0 Å². The second-order valence-electron chi connectivity index (χ2n) is 7.69. The third-order valence-electron chi connectivity index (χ3n) is 5.72. The van der Waals surface area contributed by atoms with E-state index in [0.29, 0.717) is 37.4 Å². The van der Waals surface area contributed by atoms with Gasteiger partial charge in [-0.15, -0.1) is 11.3 Å². The summed E-state index contributed by atoms with van der Waals surface area (Å²) in [5.41, 5.74) is 1.97. The van der Waals surface area contributed by atoms with Gasteiger partial charge in [0, 0.05) is 43.7 Å². The van der Waals surface area contributed by atoms with Gasteiger partial charge in [0.25, 0.3) is 0 Å². The molecule has 32 heavy (non-hydrogen) atoms. The van der Waals surface area contributed by atoms with Crippen molar-refractivity contribution in [1.29, 1.82) is 0 Å². The van der Waals surface area contributed by atoms with E-state index in [-0.39, 0.29) is 36.9 Å². The maximum Gasteiger partial charge on any atom is 0.338 e. The number of hydrogen-bond donors (Lipinski definition) is 0. The fourth-order valence-electron chi connectivity index (χ4n) is 4.09. The summed E-state index contributed by atoms with van der Waals surface area (Å²) in [5, 5.41) is 4.69. The minimum Gasteiger partial charge on any atom is -0.463 e. The summed E-state index contributed by atoms with van der Waals surface area (Å²) in [7, 11) is 0. The van der Waals surface area contributed by atoms with Crippen LogP contribution in [0.4, 0.5) is 0 Å². The standard InChI is InChI=1S/C22H26N4O4S2/c1-4-30-21(29)19-14(2)23-22-26(20(19)17-6-5-11-31-17)16(13-32-22)12-18(28)25-9-7-24(8-10-25)15(3)27/h5-6,11,13,20H,4,7-10,12H2,1-3H3/t20-/m1/s1. The van der Waals surface area contributed by atoms with Crippen LogP contribution in [0.1, 0.15) is 38.1 Å². The number of esters is 1. The van der Waals surface area contributed by atoms with Gasteiger partial charge >= 0.3 is 5.97 Å². The topological polar surface area (TPSA) is 82.5 Å². The van der Waals surface area contributed by atoms with Gasteiger partial charge in [0.1, 0.15) is 6.04 Å². The number of piperazine rings is 1. The van der Waals surface area contributed by atoms with Crippen LogP contribution in [0.25, 0.3) is 0 Å². The largest absolute Gasteiger partial charge is 0.463 e. The monoisotopic (exact) mass is 474 g/mol. The molecule has 0 aromatic carbocycles. The zero-order valence-electron chi connectivity index (χ0n) is 18.4. The highest BCUT2D eigenvalue weighted by Gasteiger charge is 2.42. The first-order valence-electron chi connectivity index (χ1n) is 10.6. The minimum absolute atomic E-state index is 0.00944. The number of rotatable bonds is 5. The summed E-state index contributed by atoms with van der Waals surface area (Å²) in [6, 6.07) is 3.58. The number of thioether (sulfide) groups is 1. The second-order valence-corrected chi connectivity index (χ2v) is 9.51. The quantitative estimate of drug-likeness (QED) is 0.611. The van der Waals surface area contributed by atoms with E-state index in [9.17, 15) is 14.4 Å². The first-order chi connectivity index (χ1) is 15.4. The van der Waals surface area contributed by atoms with Crippen LogP contribution in [0.15, 0.2) is 44.9 Å². The molecule has 1 fully saturated rings. The molecule has 1 aromatic rings. The molecule has 8 nitrogen and oxygen atoms in total. The zero-order chi connectivity index (χ0) is 22.8. The lowest BCUT2D eigenvalue weighted by Gasteiger charge is -2.37. The molecule has 4 rings (SSSR count). The van der Waals surface area contributed by atoms with Crippen LogP contribution in [0, 0.1) is 0 Å². The molecule has 4 heterocycles. The first kappa shape index (κ1) is 22.6. The molecule has 3 aliphatic rings. The van der Waals surface area contributed by atoms with E-state index >= 15 is 0 Å². The number of fused-ring (bicyclic) bond motifs is 1. The number of ether oxygens (including phenoxy) is 1. The third kappa shape index (κ3) is 4.33. The average Bonchev–Trinajstić information content (AvgIpc) is 3.43. The number of amides is 2. The van der Waals surface area contributed by atoms with Gasteiger partial charge in [-0.2, -0.15) is 0 Å². The molecule has 3 aliphatic heterocycles. The van der Waals surface area contributed by atoms with Gasteiger partial charge < -0.3 is 19.4 Å². The highest BCUT2D eigenvalue weighted by Crippen LogP contribution is 2.46. The lowest BCUT2D eigenvalue weighted by molar-refractivity contribution is -0.139. The number of allylic oxidation sites excluding steroid dienone is 1. The van der Waals surface area contributed by atoms with Crippen LogP contribution < -0.4 is 0 Å². The molecular formula is C22H26N4O4S2. The number of thiophene rings is 1. The highest BCUT2D eigenvalue weighted by molar-refractivity contribution is 8.16. The Kier molecular flexibility index (Phi) is 6.71. The molecular weight excluding hydrogens is 448 g/mol. The summed E-state index contributed by atoms with van der Waals surface area (Å²) in [4.78, 5) is 48.7. The Morgan fingerprint density at radius 2 is 1.91 bits per heavy atom. The Labute approximate surface area is 195 Å². The van der Waals surface area contributed by atoms with E-state index in [4.69, 9.17) is 4.74 Å². The number of nitrogens with zero attached hydrogens (tertiary/aromatic N) is 4. The van der Waals surface area contributed by atoms with E-state index in [1.807, 2.05) is 34.7 Å². The lowest BCUT2D eigenvalue weighted by Crippen LogP contribution is -2.50. The first-order valence-corrected chi connectivity index (χ1v) is 12.3. The van der Waals surface area contributed by atoms with Crippen LogP contribution in [0.3, 0.4) is 0 Å². The Bertz CT molecular complexity index is 1010. The zero-order valence-corrected chi connectivity index (χ0v) is 20.0. The van der Waals surface area contributed by atoms with E-state index in [1.165, 1.54) is 11.8 Å². The Hall–Kier alpha value is -2.59. The number of aliphatic imine (C=N–C) groups is 1. The highest BCUT2D eigenvalue weighted by atomic mass is 32.2. The molecule has 0 bridgehead atoms. The van der Waals surface area contributed by atoms with Gasteiger partial charge in [0.15, 0.2) is 5.17 Å². The Morgan fingerprint density at radius 3 is 2.53 bits per heavy atom. The van der Waals surface area contributed by atoms with Crippen LogP contribution in [-0.2, 0) is 19.1 Å². The molecule has 0 aliphatic carbocycles. The number of carbonyl (C=O) groups is 3. The van der Waals surface area contributed by atoms with E-state index < -0.39 is 0 Å². The summed E-state index contributed by atoms with van der Waals surface area (Å²) >= 11 is 3.03. The summed E-state index contributed by atoms with van der Waals surface area (Å²) in [5.74, 6) is -0.335. The van der Waals surface area contributed by atoms with Crippen molar-refractivity contribution < 1.29 is 19.1 Å².